The Hall–Kier alpha value is -2.17. The van der Waals surface area contributed by atoms with Crippen molar-refractivity contribution in [3.8, 4) is 0 Å². The van der Waals surface area contributed by atoms with Crippen LogP contribution in [-0.2, 0) is 24.1 Å². The normalized spacial score (nSPS) is 19.9. The molecule has 2 aromatic heterocycles. The number of rotatable bonds is 2. The summed E-state index contributed by atoms with van der Waals surface area (Å²) >= 11 is 0. The topological polar surface area (TPSA) is 68.0 Å². The largest absolute Gasteiger partial charge is 0.359 e. The molecule has 0 aromatic carbocycles. The van der Waals surface area contributed by atoms with Crippen LogP contribution in [-0.4, -0.2) is 16.0 Å². The Morgan fingerprint density at radius 3 is 3.14 bits per heavy atom. The Kier molecular flexibility index (Phi) is 2.98. The number of amides is 1. The van der Waals surface area contributed by atoms with E-state index in [0.717, 1.165) is 55.5 Å². The first-order valence-corrected chi connectivity index (χ1v) is 7.55. The molecule has 0 aliphatic heterocycles. The molecule has 4 rings (SSSR count). The van der Waals surface area contributed by atoms with Gasteiger partial charge in [0.1, 0.15) is 5.76 Å². The highest BCUT2D eigenvalue weighted by Gasteiger charge is 2.31. The number of carbonyl (C=O) groups excluding carboxylic acids is 1. The summed E-state index contributed by atoms with van der Waals surface area (Å²) in [5.41, 5.74) is 3.17. The maximum Gasteiger partial charge on any atom is 0.234 e. The van der Waals surface area contributed by atoms with E-state index in [9.17, 15) is 4.79 Å². The molecule has 0 fully saturated rings. The van der Waals surface area contributed by atoms with E-state index in [0.29, 0.717) is 5.82 Å². The molecule has 5 nitrogen and oxygen atoms in total. The molecule has 1 amide bonds. The Balaban J connectivity index is 1.56. The Morgan fingerprint density at radius 2 is 2.19 bits per heavy atom. The van der Waals surface area contributed by atoms with Crippen LogP contribution in [0.3, 0.4) is 0 Å². The molecule has 108 valence electrons. The van der Waals surface area contributed by atoms with E-state index in [4.69, 9.17) is 4.52 Å². The van der Waals surface area contributed by atoms with Gasteiger partial charge >= 0.3 is 0 Å². The molecule has 5 heteroatoms. The zero-order valence-corrected chi connectivity index (χ0v) is 11.8. The lowest BCUT2D eigenvalue weighted by Gasteiger charge is -2.12. The van der Waals surface area contributed by atoms with Gasteiger partial charge in [-0.1, -0.05) is 11.2 Å². The number of nitrogens with one attached hydrogen (secondary N) is 1. The van der Waals surface area contributed by atoms with Gasteiger partial charge in [0.05, 0.1) is 11.6 Å². The molecule has 0 bridgehead atoms. The van der Waals surface area contributed by atoms with Gasteiger partial charge in [0, 0.05) is 18.2 Å². The summed E-state index contributed by atoms with van der Waals surface area (Å²) in [5, 5.41) is 6.99. The van der Waals surface area contributed by atoms with Gasteiger partial charge in [0.25, 0.3) is 0 Å². The van der Waals surface area contributed by atoms with Crippen molar-refractivity contribution in [3.05, 3.63) is 40.9 Å². The molecule has 1 unspecified atom stereocenters. The second-order valence-electron chi connectivity index (χ2n) is 5.77. The first-order chi connectivity index (χ1) is 10.3. The highest BCUT2D eigenvalue weighted by molar-refractivity contribution is 5.96. The molecule has 2 aromatic rings. The minimum absolute atomic E-state index is 0.0193. The number of carbonyl (C=O) groups is 1. The third-order valence-corrected chi connectivity index (χ3v) is 4.47. The monoisotopic (exact) mass is 283 g/mol. The smallest absolute Gasteiger partial charge is 0.234 e. The van der Waals surface area contributed by atoms with Crippen LogP contribution in [0.25, 0.3) is 0 Å². The average molecular weight is 283 g/mol. The fraction of sp³-hybridized carbons (Fsp3) is 0.438. The summed E-state index contributed by atoms with van der Waals surface area (Å²) in [6.07, 6.45) is 7.61. The standard InChI is InChI=1S/C16H17N3O2/c20-16(12-8-7-10-4-3-9-17-14(10)12)18-15-11-5-1-2-6-13(11)21-19-15/h3-4,9,12H,1-2,5-8H2,(H,18,19,20). The molecular formula is C16H17N3O2. The molecule has 2 aliphatic carbocycles. The van der Waals surface area contributed by atoms with Crippen molar-refractivity contribution in [3.63, 3.8) is 0 Å². The molecule has 0 saturated carbocycles. The minimum Gasteiger partial charge on any atom is -0.359 e. The van der Waals surface area contributed by atoms with E-state index in [1.807, 2.05) is 12.1 Å². The number of hydrogen-bond donors (Lipinski definition) is 1. The second-order valence-corrected chi connectivity index (χ2v) is 5.77. The van der Waals surface area contributed by atoms with Crippen LogP contribution in [0.15, 0.2) is 22.9 Å². The first-order valence-electron chi connectivity index (χ1n) is 7.55. The third-order valence-electron chi connectivity index (χ3n) is 4.47. The van der Waals surface area contributed by atoms with E-state index >= 15 is 0 Å². The van der Waals surface area contributed by atoms with E-state index < -0.39 is 0 Å². The second kappa shape index (κ2) is 4.98. The lowest BCUT2D eigenvalue weighted by Crippen LogP contribution is -2.21. The summed E-state index contributed by atoms with van der Waals surface area (Å²) in [4.78, 5) is 16.9. The Labute approximate surface area is 122 Å². The summed E-state index contributed by atoms with van der Waals surface area (Å²) < 4.78 is 5.34. The lowest BCUT2D eigenvalue weighted by molar-refractivity contribution is -0.117. The highest BCUT2D eigenvalue weighted by Crippen LogP contribution is 2.33. The zero-order chi connectivity index (χ0) is 14.2. The van der Waals surface area contributed by atoms with Crippen molar-refractivity contribution in [2.75, 3.05) is 5.32 Å². The van der Waals surface area contributed by atoms with E-state index in [2.05, 4.69) is 15.5 Å². The number of nitrogens with zero attached hydrogens (tertiary/aromatic N) is 2. The number of pyridine rings is 1. The summed E-state index contributed by atoms with van der Waals surface area (Å²) in [6.45, 7) is 0. The van der Waals surface area contributed by atoms with E-state index in [1.165, 1.54) is 5.56 Å². The summed E-state index contributed by atoms with van der Waals surface area (Å²) in [6, 6.07) is 3.97. The van der Waals surface area contributed by atoms with Crippen molar-refractivity contribution in [1.29, 1.82) is 0 Å². The molecule has 0 saturated heterocycles. The summed E-state index contributed by atoms with van der Waals surface area (Å²) in [5.74, 6) is 1.35. The Morgan fingerprint density at radius 1 is 1.29 bits per heavy atom. The van der Waals surface area contributed by atoms with Crippen LogP contribution in [0, 0.1) is 0 Å². The number of anilines is 1. The number of aryl methyl sites for hydroxylation is 2. The lowest BCUT2D eigenvalue weighted by atomic mass is 9.98. The van der Waals surface area contributed by atoms with Crippen LogP contribution in [0.4, 0.5) is 5.82 Å². The van der Waals surface area contributed by atoms with Crippen LogP contribution < -0.4 is 5.32 Å². The maximum absolute atomic E-state index is 12.5. The van der Waals surface area contributed by atoms with E-state index in [-0.39, 0.29) is 11.8 Å². The molecule has 1 atom stereocenters. The number of fused-ring (bicyclic) bond motifs is 2. The van der Waals surface area contributed by atoms with Crippen LogP contribution in [0.1, 0.15) is 47.8 Å². The Bertz CT molecular complexity index is 693. The predicted octanol–water partition coefficient (Wildman–Crippen LogP) is 2.62. The molecule has 21 heavy (non-hydrogen) atoms. The molecular weight excluding hydrogens is 266 g/mol. The van der Waals surface area contributed by atoms with Crippen molar-refractivity contribution >= 4 is 11.7 Å². The molecule has 2 aliphatic rings. The van der Waals surface area contributed by atoms with Gasteiger partial charge in [-0.2, -0.15) is 0 Å². The predicted molar refractivity (Wildman–Crippen MR) is 77.1 cm³/mol. The van der Waals surface area contributed by atoms with Crippen molar-refractivity contribution in [1.82, 2.24) is 10.1 Å². The van der Waals surface area contributed by atoms with Crippen molar-refractivity contribution in [2.45, 2.75) is 44.4 Å². The van der Waals surface area contributed by atoms with Gasteiger partial charge in [-0.25, -0.2) is 0 Å². The maximum atomic E-state index is 12.5. The molecule has 0 radical (unpaired) electrons. The molecule has 2 heterocycles. The van der Waals surface area contributed by atoms with Crippen molar-refractivity contribution < 1.29 is 9.32 Å². The average Bonchev–Trinajstić information content (AvgIpc) is 3.12. The fourth-order valence-corrected chi connectivity index (χ4v) is 3.35. The fourth-order valence-electron chi connectivity index (χ4n) is 3.35. The first kappa shape index (κ1) is 12.6. The van der Waals surface area contributed by atoms with Gasteiger partial charge in [-0.3, -0.25) is 9.78 Å². The molecule has 1 N–H and O–H groups in total. The number of aromatic nitrogens is 2. The highest BCUT2D eigenvalue weighted by atomic mass is 16.5. The quantitative estimate of drug-likeness (QED) is 0.920. The minimum atomic E-state index is -0.169. The third kappa shape index (κ3) is 2.13. The van der Waals surface area contributed by atoms with Crippen LogP contribution in [0.2, 0.25) is 0 Å². The van der Waals surface area contributed by atoms with Gasteiger partial charge in [-0.15, -0.1) is 0 Å². The van der Waals surface area contributed by atoms with Gasteiger partial charge in [0.15, 0.2) is 5.82 Å². The van der Waals surface area contributed by atoms with Crippen LogP contribution in [0.5, 0.6) is 0 Å². The number of hydrogen-bond acceptors (Lipinski definition) is 4. The molecule has 0 spiro atoms. The van der Waals surface area contributed by atoms with Gasteiger partial charge in [-0.05, 0) is 43.7 Å². The van der Waals surface area contributed by atoms with Gasteiger partial charge < -0.3 is 9.84 Å². The summed E-state index contributed by atoms with van der Waals surface area (Å²) in [7, 11) is 0. The SMILES string of the molecule is O=C(Nc1noc2c1CCCC2)C1CCc2cccnc21. The van der Waals surface area contributed by atoms with E-state index in [1.54, 1.807) is 6.20 Å². The van der Waals surface area contributed by atoms with Crippen LogP contribution >= 0.6 is 0 Å². The van der Waals surface area contributed by atoms with Gasteiger partial charge in [0.2, 0.25) is 5.91 Å². The zero-order valence-electron chi connectivity index (χ0n) is 11.8. The van der Waals surface area contributed by atoms with Crippen molar-refractivity contribution in [2.24, 2.45) is 0 Å².